The van der Waals surface area contributed by atoms with E-state index in [-0.39, 0.29) is 23.0 Å². The third-order valence-corrected chi connectivity index (χ3v) is 5.53. The van der Waals surface area contributed by atoms with Crippen LogP contribution in [0.1, 0.15) is 12.5 Å². The molecule has 0 spiro atoms. The standard InChI is InChI=1S/C21H17NO5S/c1-2-26-21(23)20-19(17-9-5-6-10-18(17)27-20)22-28(24,25)16-12-11-14-7-3-4-8-15(14)13-16/h3-13,23H,2H2,1H3/p-1. The second-order valence-electron chi connectivity index (χ2n) is 6.07. The number of benzene rings is 3. The fraction of sp³-hybridized carbons (Fsp3) is 0.0952. The number of fused-ring (bicyclic) bond motifs is 2. The predicted octanol–water partition coefficient (Wildman–Crippen LogP) is 2.98. The van der Waals surface area contributed by atoms with Crippen molar-refractivity contribution in [2.24, 2.45) is 4.40 Å². The Kier molecular flexibility index (Phi) is 4.52. The van der Waals surface area contributed by atoms with Gasteiger partial charge in [0.05, 0.1) is 10.8 Å². The molecule has 28 heavy (non-hydrogen) atoms. The van der Waals surface area contributed by atoms with Gasteiger partial charge in [0.25, 0.3) is 10.0 Å². The first-order valence-corrected chi connectivity index (χ1v) is 10.1. The number of sulfonamides is 1. The van der Waals surface area contributed by atoms with E-state index in [9.17, 15) is 13.5 Å². The van der Waals surface area contributed by atoms with E-state index in [1.54, 1.807) is 43.3 Å². The summed E-state index contributed by atoms with van der Waals surface area (Å²) in [6, 6.07) is 18.9. The number of hydrogen-bond donors (Lipinski definition) is 0. The zero-order valence-corrected chi connectivity index (χ0v) is 15.8. The van der Waals surface area contributed by atoms with Crippen LogP contribution in [0, 0.1) is 0 Å². The highest BCUT2D eigenvalue weighted by atomic mass is 32.2. The van der Waals surface area contributed by atoms with Gasteiger partial charge >= 0.3 is 0 Å². The lowest BCUT2D eigenvalue weighted by atomic mass is 10.1. The van der Waals surface area contributed by atoms with Crippen molar-refractivity contribution in [1.82, 2.24) is 0 Å². The fourth-order valence-electron chi connectivity index (χ4n) is 2.96. The van der Waals surface area contributed by atoms with Crippen LogP contribution in [0.5, 0.6) is 5.75 Å². The first-order chi connectivity index (χ1) is 13.5. The molecule has 0 aliphatic carbocycles. The van der Waals surface area contributed by atoms with Gasteiger partial charge in [-0.2, -0.15) is 12.8 Å². The quantitative estimate of drug-likeness (QED) is 0.635. The Hall–Kier alpha value is -3.32. The van der Waals surface area contributed by atoms with Crippen molar-refractivity contribution in [1.29, 1.82) is 0 Å². The maximum atomic E-state index is 13.0. The van der Waals surface area contributed by atoms with Crippen LogP contribution in [0.4, 0.5) is 0 Å². The normalized spacial score (nSPS) is 16.7. The van der Waals surface area contributed by atoms with Crippen molar-refractivity contribution in [3.05, 3.63) is 84.0 Å². The smallest absolute Gasteiger partial charge is 0.283 e. The monoisotopic (exact) mass is 394 g/mol. The third kappa shape index (κ3) is 3.20. The second kappa shape index (κ2) is 7.01. The molecule has 0 N–H and O–H groups in total. The molecule has 7 heteroatoms. The predicted molar refractivity (Wildman–Crippen MR) is 103 cm³/mol. The largest absolute Gasteiger partial charge is 0.611 e. The number of allylic oxidation sites excluding steroid dienone is 1. The van der Waals surface area contributed by atoms with Crippen molar-refractivity contribution in [2.75, 3.05) is 6.61 Å². The first-order valence-electron chi connectivity index (χ1n) is 8.65. The Morgan fingerprint density at radius 2 is 1.75 bits per heavy atom. The molecule has 0 saturated heterocycles. The molecule has 1 aliphatic heterocycles. The Morgan fingerprint density at radius 1 is 1.04 bits per heavy atom. The van der Waals surface area contributed by atoms with Gasteiger partial charge in [0.2, 0.25) is 0 Å². The molecule has 1 heterocycles. The van der Waals surface area contributed by atoms with Crippen LogP contribution >= 0.6 is 0 Å². The Labute approximate surface area is 162 Å². The molecule has 0 fully saturated rings. The molecule has 0 unspecified atom stereocenters. The zero-order valence-electron chi connectivity index (χ0n) is 15.0. The van der Waals surface area contributed by atoms with Gasteiger partial charge in [0.1, 0.15) is 11.5 Å². The van der Waals surface area contributed by atoms with Gasteiger partial charge in [-0.1, -0.05) is 49.4 Å². The van der Waals surface area contributed by atoms with Gasteiger partial charge in [0.15, 0.2) is 5.76 Å². The van der Waals surface area contributed by atoms with Crippen LogP contribution in [0.25, 0.3) is 10.8 Å². The second-order valence-corrected chi connectivity index (χ2v) is 7.68. The summed E-state index contributed by atoms with van der Waals surface area (Å²) >= 11 is 0. The minimum atomic E-state index is -4.08. The van der Waals surface area contributed by atoms with Gasteiger partial charge in [-0.25, -0.2) is 0 Å². The first kappa shape index (κ1) is 18.1. The van der Waals surface area contributed by atoms with Gasteiger partial charge in [-0.05, 0) is 41.6 Å². The van der Waals surface area contributed by atoms with Gasteiger partial charge in [-0.15, -0.1) is 0 Å². The maximum absolute atomic E-state index is 13.0. The minimum Gasteiger partial charge on any atom is -0.611 e. The number of rotatable bonds is 4. The van der Waals surface area contributed by atoms with Crippen LogP contribution in [-0.2, 0) is 14.8 Å². The highest BCUT2D eigenvalue weighted by molar-refractivity contribution is 7.90. The molecule has 3 aromatic rings. The number of nitrogens with zero attached hydrogens (tertiary/aromatic N) is 1. The van der Waals surface area contributed by atoms with Gasteiger partial charge in [0, 0.05) is 5.56 Å². The van der Waals surface area contributed by atoms with Crippen molar-refractivity contribution in [3.8, 4) is 5.75 Å². The molecular weight excluding hydrogens is 378 g/mol. The van der Waals surface area contributed by atoms with Crippen molar-refractivity contribution >= 4 is 26.5 Å². The molecule has 1 aliphatic rings. The van der Waals surface area contributed by atoms with E-state index >= 15 is 0 Å². The fourth-order valence-corrected chi connectivity index (χ4v) is 4.00. The average Bonchev–Trinajstić information content (AvgIpc) is 3.06. The van der Waals surface area contributed by atoms with Crippen molar-refractivity contribution in [3.63, 3.8) is 0 Å². The lowest BCUT2D eigenvalue weighted by Gasteiger charge is -2.15. The molecule has 0 aromatic heterocycles. The summed E-state index contributed by atoms with van der Waals surface area (Å²) in [5, 5.41) is 14.0. The Bertz CT molecular complexity index is 1230. The Balaban J connectivity index is 1.86. The molecule has 0 saturated carbocycles. The molecule has 0 amide bonds. The zero-order chi connectivity index (χ0) is 19.7. The van der Waals surface area contributed by atoms with E-state index in [1.807, 2.05) is 24.3 Å². The van der Waals surface area contributed by atoms with Crippen LogP contribution < -0.4 is 9.84 Å². The summed E-state index contributed by atoms with van der Waals surface area (Å²) in [5.41, 5.74) is 0.372. The molecule has 142 valence electrons. The number of hydrogen-bond acceptors (Lipinski definition) is 5. The summed E-state index contributed by atoms with van der Waals surface area (Å²) in [6.07, 6.45) is 0. The molecular formula is C21H16NO5S-. The van der Waals surface area contributed by atoms with Gasteiger partial charge in [-0.3, -0.25) is 0 Å². The van der Waals surface area contributed by atoms with E-state index in [2.05, 4.69) is 4.40 Å². The van der Waals surface area contributed by atoms with E-state index < -0.39 is 16.0 Å². The van der Waals surface area contributed by atoms with E-state index in [0.29, 0.717) is 11.3 Å². The topological polar surface area (TPSA) is 88.0 Å². The maximum Gasteiger partial charge on any atom is 0.283 e. The third-order valence-electron chi connectivity index (χ3n) is 4.26. The van der Waals surface area contributed by atoms with Crippen LogP contribution in [0.2, 0.25) is 0 Å². The summed E-state index contributed by atoms with van der Waals surface area (Å²) in [5.74, 6) is -0.628. The van der Waals surface area contributed by atoms with E-state index in [0.717, 1.165) is 10.8 Å². The van der Waals surface area contributed by atoms with Gasteiger partial charge < -0.3 is 14.6 Å². The van der Waals surface area contributed by atoms with Crippen molar-refractivity contribution < 1.29 is 23.0 Å². The SMILES string of the molecule is CCOC([O-])=C1Oc2ccccc2C1=NS(=O)(=O)c1ccc2ccccc2c1. The van der Waals surface area contributed by atoms with Crippen LogP contribution in [0.3, 0.4) is 0 Å². The van der Waals surface area contributed by atoms with Crippen LogP contribution in [0.15, 0.2) is 87.7 Å². The lowest BCUT2D eigenvalue weighted by molar-refractivity contribution is -0.359. The van der Waals surface area contributed by atoms with E-state index in [1.165, 1.54) is 6.07 Å². The summed E-state index contributed by atoms with van der Waals surface area (Å²) in [6.45, 7) is 1.79. The molecule has 4 rings (SSSR count). The minimum absolute atomic E-state index is 0.0336. The summed E-state index contributed by atoms with van der Waals surface area (Å²) in [4.78, 5) is 0.0336. The molecule has 0 radical (unpaired) electrons. The molecule has 3 aromatic carbocycles. The number of ether oxygens (including phenoxy) is 2. The van der Waals surface area contributed by atoms with Crippen molar-refractivity contribution in [2.45, 2.75) is 11.8 Å². The number of para-hydroxylation sites is 1. The Morgan fingerprint density at radius 3 is 2.54 bits per heavy atom. The summed E-state index contributed by atoms with van der Waals surface area (Å²) < 4.78 is 40.4. The molecule has 6 nitrogen and oxygen atoms in total. The summed E-state index contributed by atoms with van der Waals surface area (Å²) in [7, 11) is -4.08. The van der Waals surface area contributed by atoms with E-state index in [4.69, 9.17) is 9.47 Å². The molecule has 0 atom stereocenters. The highest BCUT2D eigenvalue weighted by Gasteiger charge is 2.29. The van der Waals surface area contributed by atoms with Crippen LogP contribution in [-0.4, -0.2) is 20.7 Å². The highest BCUT2D eigenvalue weighted by Crippen LogP contribution is 2.33. The molecule has 0 bridgehead atoms. The lowest BCUT2D eigenvalue weighted by Crippen LogP contribution is -2.18. The average molecular weight is 394 g/mol.